The van der Waals surface area contributed by atoms with Gasteiger partial charge < -0.3 is 14.9 Å². The smallest absolute Gasteiger partial charge is 0.337 e. The van der Waals surface area contributed by atoms with E-state index in [9.17, 15) is 18.3 Å². The number of pyridine rings is 1. The van der Waals surface area contributed by atoms with Crippen LogP contribution in [0.4, 0.5) is 17.2 Å². The van der Waals surface area contributed by atoms with Gasteiger partial charge in [0, 0.05) is 38.1 Å². The molecular formula is C24H26N4O4S. The van der Waals surface area contributed by atoms with E-state index in [4.69, 9.17) is 0 Å². The van der Waals surface area contributed by atoms with Crippen LogP contribution in [-0.2, 0) is 10.0 Å². The van der Waals surface area contributed by atoms with Crippen LogP contribution in [0.5, 0.6) is 0 Å². The minimum atomic E-state index is -3.94. The monoisotopic (exact) mass is 466 g/mol. The molecule has 4 rings (SSSR count). The van der Waals surface area contributed by atoms with Gasteiger partial charge in [-0.05, 0) is 61.4 Å². The van der Waals surface area contributed by atoms with E-state index in [0.29, 0.717) is 18.7 Å². The van der Waals surface area contributed by atoms with Crippen LogP contribution in [0.3, 0.4) is 0 Å². The maximum Gasteiger partial charge on any atom is 0.337 e. The van der Waals surface area contributed by atoms with Crippen molar-refractivity contribution < 1.29 is 18.3 Å². The third-order valence-corrected chi connectivity index (χ3v) is 7.24. The molecule has 1 saturated heterocycles. The molecule has 1 fully saturated rings. The molecule has 0 bridgehead atoms. The lowest BCUT2D eigenvalue weighted by molar-refractivity contribution is 0.0698. The summed E-state index contributed by atoms with van der Waals surface area (Å²) in [6, 6.07) is 15.7. The van der Waals surface area contributed by atoms with E-state index in [2.05, 4.69) is 19.5 Å². The summed E-state index contributed by atoms with van der Waals surface area (Å²) in [6.45, 7) is 6.41. The molecule has 2 heterocycles. The number of piperazine rings is 1. The molecule has 0 amide bonds. The number of aromatic carboxylic acids is 1. The molecule has 0 spiro atoms. The Labute approximate surface area is 193 Å². The van der Waals surface area contributed by atoms with E-state index in [0.717, 1.165) is 30.2 Å². The van der Waals surface area contributed by atoms with Gasteiger partial charge in [0.25, 0.3) is 10.0 Å². The van der Waals surface area contributed by atoms with Crippen molar-refractivity contribution in [2.45, 2.75) is 18.7 Å². The quantitative estimate of drug-likeness (QED) is 0.573. The number of hydrogen-bond donors (Lipinski definition) is 2. The summed E-state index contributed by atoms with van der Waals surface area (Å²) >= 11 is 0. The third-order valence-electron chi connectivity index (χ3n) is 5.73. The maximum absolute atomic E-state index is 13.0. The lowest BCUT2D eigenvalue weighted by atomic mass is 10.1. The predicted octanol–water partition coefficient (Wildman–Crippen LogP) is 3.52. The van der Waals surface area contributed by atoms with E-state index in [1.807, 2.05) is 31.2 Å². The standard InChI is InChI=1S/C24H26N4O4S/c1-17-6-7-18(2)22(15-17)33(31,32)26-21-9-8-19(16-20(21)24(29)30)27-11-13-28(14-12-27)23-5-3-4-10-25-23/h3-10,15-16,26H,11-14H2,1-2H3,(H,29,30). The highest BCUT2D eigenvalue weighted by Crippen LogP contribution is 2.28. The Morgan fingerprint density at radius 1 is 0.970 bits per heavy atom. The number of aryl methyl sites for hydroxylation is 2. The van der Waals surface area contributed by atoms with E-state index < -0.39 is 16.0 Å². The van der Waals surface area contributed by atoms with Gasteiger partial charge >= 0.3 is 5.97 Å². The topological polar surface area (TPSA) is 103 Å². The number of carboxylic acid groups (broad SMARTS) is 1. The number of anilines is 3. The van der Waals surface area contributed by atoms with Crippen LogP contribution < -0.4 is 14.5 Å². The van der Waals surface area contributed by atoms with Gasteiger partial charge in [0.05, 0.1) is 16.1 Å². The predicted molar refractivity (Wildman–Crippen MR) is 129 cm³/mol. The van der Waals surface area contributed by atoms with Crippen LogP contribution in [0.25, 0.3) is 0 Å². The Morgan fingerprint density at radius 2 is 1.70 bits per heavy atom. The number of hydrogen-bond acceptors (Lipinski definition) is 6. The van der Waals surface area contributed by atoms with Crippen molar-refractivity contribution in [2.75, 3.05) is 40.7 Å². The summed E-state index contributed by atoms with van der Waals surface area (Å²) < 4.78 is 28.4. The zero-order valence-electron chi connectivity index (χ0n) is 18.5. The minimum absolute atomic E-state index is 0.0410. The SMILES string of the molecule is Cc1ccc(C)c(S(=O)(=O)Nc2ccc(N3CCN(c4ccccn4)CC3)cc2C(=O)O)c1. The fraction of sp³-hybridized carbons (Fsp3) is 0.250. The Morgan fingerprint density at radius 3 is 2.36 bits per heavy atom. The fourth-order valence-corrected chi connectivity index (χ4v) is 5.34. The Balaban J connectivity index is 1.55. The number of carbonyl (C=O) groups is 1. The Hall–Kier alpha value is -3.59. The van der Waals surface area contributed by atoms with Crippen molar-refractivity contribution in [3.8, 4) is 0 Å². The molecule has 33 heavy (non-hydrogen) atoms. The minimum Gasteiger partial charge on any atom is -0.478 e. The normalized spacial score (nSPS) is 14.2. The maximum atomic E-state index is 13.0. The zero-order chi connectivity index (χ0) is 23.6. The molecule has 172 valence electrons. The van der Waals surface area contributed by atoms with Crippen LogP contribution in [0, 0.1) is 13.8 Å². The van der Waals surface area contributed by atoms with Gasteiger partial charge in [-0.3, -0.25) is 4.72 Å². The lowest BCUT2D eigenvalue weighted by Gasteiger charge is -2.37. The Kier molecular flexibility index (Phi) is 6.24. The van der Waals surface area contributed by atoms with E-state index in [-0.39, 0.29) is 16.1 Å². The molecule has 0 unspecified atom stereocenters. The molecule has 1 aliphatic heterocycles. The molecule has 9 heteroatoms. The highest BCUT2D eigenvalue weighted by molar-refractivity contribution is 7.92. The van der Waals surface area contributed by atoms with Crippen molar-refractivity contribution in [3.63, 3.8) is 0 Å². The molecule has 0 aliphatic carbocycles. The first-order valence-electron chi connectivity index (χ1n) is 10.6. The Bertz CT molecular complexity index is 1270. The van der Waals surface area contributed by atoms with Crippen LogP contribution in [0.1, 0.15) is 21.5 Å². The van der Waals surface area contributed by atoms with E-state index in [1.165, 1.54) is 12.1 Å². The van der Waals surface area contributed by atoms with Gasteiger partial charge in [-0.1, -0.05) is 18.2 Å². The second-order valence-electron chi connectivity index (χ2n) is 8.07. The van der Waals surface area contributed by atoms with Crippen LogP contribution in [-0.4, -0.2) is 50.7 Å². The van der Waals surface area contributed by atoms with Crippen molar-refractivity contribution in [1.82, 2.24) is 4.98 Å². The van der Waals surface area contributed by atoms with Gasteiger partial charge in [0.15, 0.2) is 0 Å². The largest absolute Gasteiger partial charge is 0.478 e. The molecule has 3 aromatic rings. The van der Waals surface area contributed by atoms with Gasteiger partial charge in [0.2, 0.25) is 0 Å². The number of nitrogens with zero attached hydrogens (tertiary/aromatic N) is 3. The second kappa shape index (κ2) is 9.11. The molecule has 1 aromatic heterocycles. The number of rotatable bonds is 6. The van der Waals surface area contributed by atoms with Crippen LogP contribution >= 0.6 is 0 Å². The molecule has 0 atom stereocenters. The van der Waals surface area contributed by atoms with E-state index >= 15 is 0 Å². The molecule has 2 N–H and O–H groups in total. The highest BCUT2D eigenvalue weighted by atomic mass is 32.2. The third kappa shape index (κ3) is 4.93. The summed E-state index contributed by atoms with van der Waals surface area (Å²) in [6.07, 6.45) is 1.76. The van der Waals surface area contributed by atoms with Crippen molar-refractivity contribution >= 4 is 33.2 Å². The number of sulfonamides is 1. The first-order valence-corrected chi connectivity index (χ1v) is 12.1. The molecule has 0 radical (unpaired) electrons. The average molecular weight is 467 g/mol. The van der Waals surface area contributed by atoms with Crippen LogP contribution in [0.2, 0.25) is 0 Å². The van der Waals surface area contributed by atoms with Gasteiger partial charge in [0.1, 0.15) is 5.82 Å². The first kappa shape index (κ1) is 22.6. The number of benzene rings is 2. The van der Waals surface area contributed by atoms with Crippen molar-refractivity contribution in [2.24, 2.45) is 0 Å². The number of carboxylic acids is 1. The van der Waals surface area contributed by atoms with E-state index in [1.54, 1.807) is 31.3 Å². The van der Waals surface area contributed by atoms with Gasteiger partial charge in [-0.2, -0.15) is 0 Å². The van der Waals surface area contributed by atoms with Gasteiger partial charge in [-0.15, -0.1) is 0 Å². The molecular weight excluding hydrogens is 440 g/mol. The second-order valence-corrected chi connectivity index (χ2v) is 9.72. The summed E-state index contributed by atoms with van der Waals surface area (Å²) in [5, 5.41) is 9.78. The van der Waals surface area contributed by atoms with Crippen LogP contribution in [0.15, 0.2) is 65.7 Å². The lowest BCUT2D eigenvalue weighted by Crippen LogP contribution is -2.46. The van der Waals surface area contributed by atoms with Crippen molar-refractivity contribution in [3.05, 3.63) is 77.5 Å². The summed E-state index contributed by atoms with van der Waals surface area (Å²) in [4.78, 5) is 20.8. The van der Waals surface area contributed by atoms with Crippen molar-refractivity contribution in [1.29, 1.82) is 0 Å². The summed E-state index contributed by atoms with van der Waals surface area (Å²) in [7, 11) is -3.94. The summed E-state index contributed by atoms with van der Waals surface area (Å²) in [5.74, 6) is -0.276. The molecule has 8 nitrogen and oxygen atoms in total. The van der Waals surface area contributed by atoms with Gasteiger partial charge in [-0.25, -0.2) is 18.2 Å². The first-order chi connectivity index (χ1) is 15.7. The molecule has 1 aliphatic rings. The number of nitrogens with one attached hydrogen (secondary N) is 1. The number of aromatic nitrogens is 1. The molecule has 2 aromatic carbocycles. The fourth-order valence-electron chi connectivity index (χ4n) is 3.93. The molecule has 0 saturated carbocycles. The zero-order valence-corrected chi connectivity index (χ0v) is 19.3. The highest BCUT2D eigenvalue weighted by Gasteiger charge is 2.23. The average Bonchev–Trinajstić information content (AvgIpc) is 2.81. The summed E-state index contributed by atoms with van der Waals surface area (Å²) in [5.41, 5.74) is 2.09.